The van der Waals surface area contributed by atoms with Gasteiger partial charge in [0.25, 0.3) is 0 Å². The summed E-state index contributed by atoms with van der Waals surface area (Å²) in [5.41, 5.74) is 1.92. The quantitative estimate of drug-likeness (QED) is 0.664. The number of nitrogens with zero attached hydrogens (tertiary/aromatic N) is 1. The number of hydrogen-bond acceptors (Lipinski definition) is 3. The second kappa shape index (κ2) is 6.66. The third kappa shape index (κ3) is 3.37. The molecule has 23 heavy (non-hydrogen) atoms. The van der Waals surface area contributed by atoms with E-state index in [9.17, 15) is 9.90 Å². The van der Waals surface area contributed by atoms with E-state index in [0.29, 0.717) is 19.8 Å². The van der Waals surface area contributed by atoms with Crippen molar-refractivity contribution in [3.05, 3.63) is 64.4 Å². The summed E-state index contributed by atoms with van der Waals surface area (Å²) in [6.07, 6.45) is 3.42. The zero-order valence-corrected chi connectivity index (χ0v) is 13.9. The summed E-state index contributed by atoms with van der Waals surface area (Å²) in [6.45, 7) is 0. The van der Waals surface area contributed by atoms with Gasteiger partial charge in [-0.15, -0.1) is 0 Å². The molecule has 0 aliphatic heterocycles. The van der Waals surface area contributed by atoms with E-state index in [1.165, 1.54) is 11.8 Å². The van der Waals surface area contributed by atoms with Crippen LogP contribution < -0.4 is 0 Å². The van der Waals surface area contributed by atoms with Crippen molar-refractivity contribution in [1.29, 1.82) is 0 Å². The number of carbonyl (C=O) groups is 1. The maximum absolute atomic E-state index is 11.3. The Balaban J connectivity index is 2.00. The topological polar surface area (TPSA) is 66.0 Å². The van der Waals surface area contributed by atoms with Crippen molar-refractivity contribution in [1.82, 2.24) is 10.2 Å². The van der Waals surface area contributed by atoms with Crippen molar-refractivity contribution in [2.45, 2.75) is 9.79 Å². The van der Waals surface area contributed by atoms with E-state index in [4.69, 9.17) is 23.2 Å². The Labute approximate surface area is 146 Å². The molecular formula is C16H10Cl2N2O2S. The fraction of sp³-hybridized carbons (Fsp3) is 0. The minimum absolute atomic E-state index is 0.212. The lowest BCUT2D eigenvalue weighted by atomic mass is 10.1. The Bertz CT molecular complexity index is 843. The van der Waals surface area contributed by atoms with E-state index < -0.39 is 5.97 Å². The number of hydrogen-bond donors (Lipinski definition) is 2. The first-order valence-corrected chi connectivity index (χ1v) is 8.12. The molecule has 116 valence electrons. The van der Waals surface area contributed by atoms with Crippen molar-refractivity contribution < 1.29 is 9.90 Å². The molecule has 2 N–H and O–H groups in total. The van der Waals surface area contributed by atoms with Crippen LogP contribution in [0.3, 0.4) is 0 Å². The molecule has 2 aromatic carbocycles. The highest BCUT2D eigenvalue weighted by molar-refractivity contribution is 7.99. The molecule has 7 heteroatoms. The molecule has 0 fully saturated rings. The average molecular weight is 365 g/mol. The van der Waals surface area contributed by atoms with Gasteiger partial charge in [0.1, 0.15) is 0 Å². The number of carboxylic acids is 1. The zero-order valence-electron chi connectivity index (χ0n) is 11.6. The van der Waals surface area contributed by atoms with E-state index >= 15 is 0 Å². The summed E-state index contributed by atoms with van der Waals surface area (Å²) in [7, 11) is 0. The Hall–Kier alpha value is -1.95. The van der Waals surface area contributed by atoms with Gasteiger partial charge in [0, 0.05) is 21.6 Å². The van der Waals surface area contributed by atoms with Gasteiger partial charge < -0.3 is 5.11 Å². The van der Waals surface area contributed by atoms with Crippen molar-refractivity contribution in [3.63, 3.8) is 0 Å². The first-order chi connectivity index (χ1) is 11.1. The molecule has 0 bridgehead atoms. The smallest absolute Gasteiger partial charge is 0.336 e. The number of aromatic amines is 1. The van der Waals surface area contributed by atoms with E-state index in [1.54, 1.807) is 48.8 Å². The third-order valence-corrected chi connectivity index (χ3v) is 5.20. The number of nitrogens with one attached hydrogen (secondary N) is 1. The molecule has 4 nitrogen and oxygen atoms in total. The third-order valence-electron chi connectivity index (χ3n) is 3.16. The molecule has 0 spiro atoms. The van der Waals surface area contributed by atoms with E-state index in [2.05, 4.69) is 10.2 Å². The number of aromatic carboxylic acids is 1. The fourth-order valence-electron chi connectivity index (χ4n) is 2.08. The van der Waals surface area contributed by atoms with Gasteiger partial charge in [-0.2, -0.15) is 5.10 Å². The highest BCUT2D eigenvalue weighted by Crippen LogP contribution is 2.42. The van der Waals surface area contributed by atoms with Crippen LogP contribution in [-0.2, 0) is 0 Å². The SMILES string of the molecule is O=C(O)c1ccccc1Sc1c(Cl)cc(-c2cn[nH]c2)cc1Cl. The second-order valence-electron chi connectivity index (χ2n) is 4.66. The van der Waals surface area contributed by atoms with E-state index in [-0.39, 0.29) is 5.56 Å². The van der Waals surface area contributed by atoms with Crippen molar-refractivity contribution in [2.75, 3.05) is 0 Å². The average Bonchev–Trinajstić information content (AvgIpc) is 3.05. The highest BCUT2D eigenvalue weighted by Gasteiger charge is 2.15. The molecule has 0 aliphatic carbocycles. The summed E-state index contributed by atoms with van der Waals surface area (Å²) in [4.78, 5) is 12.5. The predicted molar refractivity (Wildman–Crippen MR) is 91.6 cm³/mol. The van der Waals surface area contributed by atoms with Crippen LogP contribution in [0.5, 0.6) is 0 Å². The maximum atomic E-state index is 11.3. The second-order valence-corrected chi connectivity index (χ2v) is 6.53. The van der Waals surface area contributed by atoms with Crippen LogP contribution in [0, 0.1) is 0 Å². The minimum Gasteiger partial charge on any atom is -0.478 e. The molecule has 0 saturated carbocycles. The van der Waals surface area contributed by atoms with Gasteiger partial charge in [0.15, 0.2) is 0 Å². The molecule has 3 rings (SSSR count). The first-order valence-electron chi connectivity index (χ1n) is 6.54. The molecule has 0 aliphatic rings. The number of benzene rings is 2. The summed E-state index contributed by atoms with van der Waals surface area (Å²) >= 11 is 13.9. The van der Waals surface area contributed by atoms with Crippen LogP contribution in [0.15, 0.2) is 58.6 Å². The Kier molecular flexibility index (Phi) is 4.61. The van der Waals surface area contributed by atoms with Crippen molar-refractivity contribution in [3.8, 4) is 11.1 Å². The predicted octanol–water partition coefficient (Wildman–Crippen LogP) is 5.23. The zero-order chi connectivity index (χ0) is 16.4. The maximum Gasteiger partial charge on any atom is 0.336 e. The summed E-state index contributed by atoms with van der Waals surface area (Å²) in [5, 5.41) is 16.8. The van der Waals surface area contributed by atoms with Gasteiger partial charge in [-0.25, -0.2) is 4.79 Å². The number of carboxylic acid groups (broad SMARTS) is 1. The van der Waals surface area contributed by atoms with Crippen LogP contribution >= 0.6 is 35.0 Å². The molecule has 1 aromatic heterocycles. The van der Waals surface area contributed by atoms with Gasteiger partial charge >= 0.3 is 5.97 Å². The number of rotatable bonds is 4. The molecule has 3 aromatic rings. The Morgan fingerprint density at radius 3 is 2.43 bits per heavy atom. The van der Waals surface area contributed by atoms with Gasteiger partial charge in [-0.1, -0.05) is 47.1 Å². The summed E-state index contributed by atoms with van der Waals surface area (Å²) in [6, 6.07) is 10.3. The lowest BCUT2D eigenvalue weighted by Crippen LogP contribution is -1.98. The van der Waals surface area contributed by atoms with Crippen LogP contribution in [0.4, 0.5) is 0 Å². The van der Waals surface area contributed by atoms with Gasteiger partial charge in [0.05, 0.1) is 21.8 Å². The Morgan fingerprint density at radius 1 is 1.13 bits per heavy atom. The van der Waals surface area contributed by atoms with Crippen LogP contribution in [-0.4, -0.2) is 21.3 Å². The van der Waals surface area contributed by atoms with Crippen LogP contribution in [0.25, 0.3) is 11.1 Å². The molecule has 0 atom stereocenters. The molecule has 0 saturated heterocycles. The van der Waals surface area contributed by atoms with E-state index in [0.717, 1.165) is 11.1 Å². The minimum atomic E-state index is -0.990. The summed E-state index contributed by atoms with van der Waals surface area (Å²) in [5.74, 6) is -0.990. The van der Waals surface area contributed by atoms with Crippen molar-refractivity contribution >= 4 is 40.9 Å². The van der Waals surface area contributed by atoms with Crippen molar-refractivity contribution in [2.24, 2.45) is 0 Å². The first kappa shape index (κ1) is 15.9. The fourth-order valence-corrected chi connectivity index (χ4v) is 3.74. The van der Waals surface area contributed by atoms with Gasteiger partial charge in [-0.3, -0.25) is 5.10 Å². The van der Waals surface area contributed by atoms with Gasteiger partial charge in [0.2, 0.25) is 0 Å². The standard InChI is InChI=1S/C16H10Cl2N2O2S/c17-12-5-9(10-7-19-20-8-10)6-13(18)15(12)23-14-4-2-1-3-11(14)16(21)22/h1-8H,(H,19,20)(H,21,22). The summed E-state index contributed by atoms with van der Waals surface area (Å²) < 4.78 is 0. The molecule has 1 heterocycles. The van der Waals surface area contributed by atoms with E-state index in [1.807, 2.05) is 0 Å². The van der Waals surface area contributed by atoms with Gasteiger partial charge in [-0.05, 0) is 29.8 Å². The highest BCUT2D eigenvalue weighted by atomic mass is 35.5. The van der Waals surface area contributed by atoms with Crippen LogP contribution in [0.1, 0.15) is 10.4 Å². The number of H-pyrrole nitrogens is 1. The largest absolute Gasteiger partial charge is 0.478 e. The Morgan fingerprint density at radius 2 is 1.83 bits per heavy atom. The molecule has 0 unspecified atom stereocenters. The monoisotopic (exact) mass is 364 g/mol. The molecule has 0 amide bonds. The molecular weight excluding hydrogens is 355 g/mol. The number of aromatic nitrogens is 2. The lowest BCUT2D eigenvalue weighted by Gasteiger charge is -2.10. The molecule has 0 radical (unpaired) electrons. The van der Waals surface area contributed by atoms with Crippen LogP contribution in [0.2, 0.25) is 10.0 Å². The number of halogens is 2. The lowest BCUT2D eigenvalue weighted by molar-refractivity contribution is 0.0693. The normalized spacial score (nSPS) is 10.7.